The van der Waals surface area contributed by atoms with Gasteiger partial charge in [-0.1, -0.05) is 0 Å². The minimum Gasteiger partial charge on any atom is -0.479 e. The molecule has 78 valence electrons. The summed E-state index contributed by atoms with van der Waals surface area (Å²) in [6, 6.07) is 0. The standard InChI is InChI=1S/C8H17NO3S/c1-8(12,7(10)11)6-9-4-3-5-13-2/h9,12H,3-6H2,1-2H3,(H,10,11). The van der Waals surface area contributed by atoms with Crippen molar-refractivity contribution in [2.45, 2.75) is 18.9 Å². The van der Waals surface area contributed by atoms with Crippen molar-refractivity contribution in [3.8, 4) is 0 Å². The first kappa shape index (κ1) is 12.7. The van der Waals surface area contributed by atoms with Crippen molar-refractivity contribution in [1.82, 2.24) is 5.32 Å². The summed E-state index contributed by atoms with van der Waals surface area (Å²) in [6.45, 7) is 2.12. The fourth-order valence-electron chi connectivity index (χ4n) is 0.749. The van der Waals surface area contributed by atoms with Gasteiger partial charge in [0.15, 0.2) is 5.60 Å². The van der Waals surface area contributed by atoms with E-state index < -0.39 is 11.6 Å². The topological polar surface area (TPSA) is 69.6 Å². The molecule has 0 bridgehead atoms. The summed E-state index contributed by atoms with van der Waals surface area (Å²) in [7, 11) is 0. The van der Waals surface area contributed by atoms with E-state index in [-0.39, 0.29) is 6.54 Å². The fraction of sp³-hybridized carbons (Fsp3) is 0.875. The molecular weight excluding hydrogens is 190 g/mol. The van der Waals surface area contributed by atoms with Gasteiger partial charge in [0, 0.05) is 6.54 Å². The largest absolute Gasteiger partial charge is 0.479 e. The first-order chi connectivity index (χ1) is 6.00. The van der Waals surface area contributed by atoms with E-state index >= 15 is 0 Å². The lowest BCUT2D eigenvalue weighted by molar-refractivity contribution is -0.156. The number of carboxylic acids is 1. The van der Waals surface area contributed by atoms with Crippen LogP contribution in [0.1, 0.15) is 13.3 Å². The fourth-order valence-corrected chi connectivity index (χ4v) is 1.18. The van der Waals surface area contributed by atoms with Crippen LogP contribution in [0.5, 0.6) is 0 Å². The molecule has 0 rings (SSSR count). The van der Waals surface area contributed by atoms with Crippen LogP contribution in [-0.4, -0.2) is 46.9 Å². The highest BCUT2D eigenvalue weighted by molar-refractivity contribution is 7.98. The first-order valence-electron chi connectivity index (χ1n) is 4.16. The van der Waals surface area contributed by atoms with Gasteiger partial charge < -0.3 is 15.5 Å². The van der Waals surface area contributed by atoms with Gasteiger partial charge in [-0.05, 0) is 31.9 Å². The number of carboxylic acid groups (broad SMARTS) is 1. The maximum Gasteiger partial charge on any atom is 0.336 e. The molecular formula is C8H17NO3S. The number of aliphatic hydroxyl groups is 1. The van der Waals surface area contributed by atoms with Crippen molar-refractivity contribution in [3.63, 3.8) is 0 Å². The lowest BCUT2D eigenvalue weighted by Crippen LogP contribution is -2.45. The predicted octanol–water partition coefficient (Wildman–Crippen LogP) is 0.165. The molecule has 0 amide bonds. The Hall–Kier alpha value is -0.260. The van der Waals surface area contributed by atoms with Crippen LogP contribution in [0.25, 0.3) is 0 Å². The summed E-state index contributed by atoms with van der Waals surface area (Å²) >= 11 is 1.75. The molecule has 0 fully saturated rings. The van der Waals surface area contributed by atoms with Crippen molar-refractivity contribution in [3.05, 3.63) is 0 Å². The van der Waals surface area contributed by atoms with Gasteiger partial charge in [-0.3, -0.25) is 0 Å². The zero-order valence-corrected chi connectivity index (χ0v) is 8.86. The number of thioether (sulfide) groups is 1. The second kappa shape index (κ2) is 6.23. The Bertz CT molecular complexity index is 161. The van der Waals surface area contributed by atoms with Gasteiger partial charge in [-0.25, -0.2) is 4.79 Å². The molecule has 0 heterocycles. The molecule has 0 saturated heterocycles. The maximum atomic E-state index is 10.4. The van der Waals surface area contributed by atoms with Gasteiger partial charge in [0.2, 0.25) is 0 Å². The quantitative estimate of drug-likeness (QED) is 0.519. The summed E-state index contributed by atoms with van der Waals surface area (Å²) in [6.07, 6.45) is 3.00. The molecule has 13 heavy (non-hydrogen) atoms. The molecule has 0 saturated carbocycles. The van der Waals surface area contributed by atoms with Crippen molar-refractivity contribution < 1.29 is 15.0 Å². The van der Waals surface area contributed by atoms with Crippen molar-refractivity contribution in [2.75, 3.05) is 25.1 Å². The molecule has 0 aliphatic heterocycles. The van der Waals surface area contributed by atoms with E-state index in [0.717, 1.165) is 18.7 Å². The third kappa shape index (κ3) is 5.90. The molecule has 0 aliphatic carbocycles. The van der Waals surface area contributed by atoms with E-state index in [9.17, 15) is 9.90 Å². The molecule has 0 aromatic heterocycles. The molecule has 0 spiro atoms. The zero-order valence-electron chi connectivity index (χ0n) is 8.04. The Morgan fingerprint density at radius 1 is 1.62 bits per heavy atom. The molecule has 5 heteroatoms. The van der Waals surface area contributed by atoms with Gasteiger partial charge in [0.25, 0.3) is 0 Å². The molecule has 0 aromatic rings. The van der Waals surface area contributed by atoms with Crippen LogP contribution in [0.15, 0.2) is 0 Å². The average Bonchev–Trinajstić information content (AvgIpc) is 2.03. The minimum atomic E-state index is -1.65. The third-order valence-electron chi connectivity index (χ3n) is 1.63. The number of nitrogens with one attached hydrogen (secondary N) is 1. The van der Waals surface area contributed by atoms with Gasteiger partial charge in [-0.2, -0.15) is 11.8 Å². The van der Waals surface area contributed by atoms with E-state index in [4.69, 9.17) is 5.11 Å². The summed E-state index contributed by atoms with van der Waals surface area (Å²) in [5.41, 5.74) is -1.65. The number of rotatable bonds is 7. The van der Waals surface area contributed by atoms with E-state index in [1.807, 2.05) is 6.26 Å². The van der Waals surface area contributed by atoms with Crippen LogP contribution in [0.4, 0.5) is 0 Å². The van der Waals surface area contributed by atoms with Crippen LogP contribution in [0.3, 0.4) is 0 Å². The van der Waals surface area contributed by atoms with Crippen molar-refractivity contribution >= 4 is 17.7 Å². The second-order valence-corrected chi connectivity index (χ2v) is 4.09. The first-order valence-corrected chi connectivity index (χ1v) is 5.55. The normalized spacial score (nSPS) is 15.3. The smallest absolute Gasteiger partial charge is 0.336 e. The van der Waals surface area contributed by atoms with Gasteiger partial charge >= 0.3 is 5.97 Å². The molecule has 1 unspecified atom stereocenters. The van der Waals surface area contributed by atoms with E-state index in [2.05, 4.69) is 5.32 Å². The Labute approximate surface area is 82.7 Å². The van der Waals surface area contributed by atoms with Gasteiger partial charge in [0.05, 0.1) is 0 Å². The number of hydrogen-bond donors (Lipinski definition) is 3. The van der Waals surface area contributed by atoms with Gasteiger partial charge in [-0.15, -0.1) is 0 Å². The maximum absolute atomic E-state index is 10.4. The molecule has 0 aliphatic rings. The van der Waals surface area contributed by atoms with Crippen molar-refractivity contribution in [1.29, 1.82) is 0 Å². The van der Waals surface area contributed by atoms with Crippen LogP contribution >= 0.6 is 11.8 Å². The Morgan fingerprint density at radius 3 is 2.69 bits per heavy atom. The lowest BCUT2D eigenvalue weighted by Gasteiger charge is -2.18. The van der Waals surface area contributed by atoms with E-state index in [0.29, 0.717) is 0 Å². The minimum absolute atomic E-state index is 0.0940. The second-order valence-electron chi connectivity index (χ2n) is 3.10. The number of hydrogen-bond acceptors (Lipinski definition) is 4. The third-order valence-corrected chi connectivity index (χ3v) is 2.33. The zero-order chi connectivity index (χ0) is 10.3. The molecule has 1 atom stereocenters. The molecule has 0 aromatic carbocycles. The summed E-state index contributed by atoms with van der Waals surface area (Å²) in [4.78, 5) is 10.4. The average molecular weight is 207 g/mol. The molecule has 4 nitrogen and oxygen atoms in total. The molecule has 3 N–H and O–H groups in total. The number of aliphatic carboxylic acids is 1. The van der Waals surface area contributed by atoms with E-state index in [1.54, 1.807) is 11.8 Å². The SMILES string of the molecule is CSCCCNCC(C)(O)C(=O)O. The monoisotopic (exact) mass is 207 g/mol. The summed E-state index contributed by atoms with van der Waals surface area (Å²) in [5, 5.41) is 20.7. The molecule has 0 radical (unpaired) electrons. The Morgan fingerprint density at radius 2 is 2.23 bits per heavy atom. The lowest BCUT2D eigenvalue weighted by atomic mass is 10.1. The van der Waals surface area contributed by atoms with Crippen LogP contribution in [0, 0.1) is 0 Å². The van der Waals surface area contributed by atoms with Crippen molar-refractivity contribution in [2.24, 2.45) is 0 Å². The number of carbonyl (C=O) groups is 1. The van der Waals surface area contributed by atoms with Crippen LogP contribution in [-0.2, 0) is 4.79 Å². The highest BCUT2D eigenvalue weighted by atomic mass is 32.2. The summed E-state index contributed by atoms with van der Waals surface area (Å²) < 4.78 is 0. The highest BCUT2D eigenvalue weighted by Gasteiger charge is 2.28. The highest BCUT2D eigenvalue weighted by Crippen LogP contribution is 2.01. The predicted molar refractivity (Wildman–Crippen MR) is 54.1 cm³/mol. The van der Waals surface area contributed by atoms with E-state index in [1.165, 1.54) is 6.92 Å². The Balaban J connectivity index is 3.46. The van der Waals surface area contributed by atoms with Crippen LogP contribution < -0.4 is 5.32 Å². The van der Waals surface area contributed by atoms with Crippen LogP contribution in [0.2, 0.25) is 0 Å². The Kier molecular flexibility index (Phi) is 6.11. The summed E-state index contributed by atoms with van der Waals surface area (Å²) in [5.74, 6) is -0.146. The van der Waals surface area contributed by atoms with Gasteiger partial charge in [0.1, 0.15) is 0 Å².